The van der Waals surface area contributed by atoms with Crippen LogP contribution in [0.15, 0.2) is 35.5 Å². The first kappa shape index (κ1) is 15.7. The van der Waals surface area contributed by atoms with Crippen LogP contribution in [-0.2, 0) is 9.53 Å². The smallest absolute Gasteiger partial charge is 0.306 e. The lowest BCUT2D eigenvalue weighted by Crippen LogP contribution is -2.07. The zero-order valence-electron chi connectivity index (χ0n) is 11.6. The second-order valence-corrected chi connectivity index (χ2v) is 4.83. The van der Waals surface area contributed by atoms with Gasteiger partial charge in [-0.15, -0.1) is 0 Å². The average Bonchev–Trinajstić information content (AvgIpc) is 2.15. The first-order chi connectivity index (χ1) is 7.91. The molecule has 0 bridgehead atoms. The highest BCUT2D eigenvalue weighted by atomic mass is 16.5. The summed E-state index contributed by atoms with van der Waals surface area (Å²) in [4.78, 5) is 11.3. The van der Waals surface area contributed by atoms with Crippen LogP contribution in [0, 0.1) is 5.92 Å². The van der Waals surface area contributed by atoms with E-state index in [0.717, 1.165) is 5.57 Å². The number of carbonyl (C=O) groups excluding carboxylic acids is 1. The Kier molecular flexibility index (Phi) is 8.12. The van der Waals surface area contributed by atoms with E-state index in [2.05, 4.69) is 13.8 Å². The van der Waals surface area contributed by atoms with Crippen molar-refractivity contribution < 1.29 is 9.53 Å². The molecule has 0 amide bonds. The largest absolute Gasteiger partial charge is 0.461 e. The molecule has 0 rings (SSSR count). The molecular weight excluding hydrogens is 212 g/mol. The number of hydrogen-bond acceptors (Lipinski definition) is 2. The summed E-state index contributed by atoms with van der Waals surface area (Å²) in [5.41, 5.74) is 2.36. The molecule has 0 heterocycles. The monoisotopic (exact) mass is 236 g/mol. The topological polar surface area (TPSA) is 26.3 Å². The van der Waals surface area contributed by atoms with Crippen molar-refractivity contribution in [3.63, 3.8) is 0 Å². The van der Waals surface area contributed by atoms with E-state index in [0.29, 0.717) is 18.9 Å². The Balaban J connectivity index is 3.96. The van der Waals surface area contributed by atoms with E-state index in [1.807, 2.05) is 45.1 Å². The van der Waals surface area contributed by atoms with Crippen molar-refractivity contribution in [1.29, 1.82) is 0 Å². The van der Waals surface area contributed by atoms with Gasteiger partial charge in [0, 0.05) is 6.42 Å². The standard InChI is InChI=1S/C15H24O2/c1-12(2)7-6-8-14(5)9-10-17-15(16)11-13(3)4/h6-9,13H,10-11H2,1-5H3/b8-6+,14-9-. The lowest BCUT2D eigenvalue weighted by atomic mass is 10.1. The van der Waals surface area contributed by atoms with Crippen LogP contribution in [0.5, 0.6) is 0 Å². The molecule has 0 spiro atoms. The molecule has 2 nitrogen and oxygen atoms in total. The third-order valence-corrected chi connectivity index (χ3v) is 2.01. The third-order valence-electron chi connectivity index (χ3n) is 2.01. The highest BCUT2D eigenvalue weighted by molar-refractivity contribution is 5.69. The molecule has 0 fully saturated rings. The first-order valence-corrected chi connectivity index (χ1v) is 6.05. The molecule has 0 aliphatic carbocycles. The van der Waals surface area contributed by atoms with Gasteiger partial charge in [-0.25, -0.2) is 0 Å². The van der Waals surface area contributed by atoms with Gasteiger partial charge in [-0.05, 0) is 32.8 Å². The molecule has 0 saturated heterocycles. The van der Waals surface area contributed by atoms with E-state index in [9.17, 15) is 4.79 Å². The third kappa shape index (κ3) is 11.0. The number of allylic oxidation sites excluding steroid dienone is 5. The van der Waals surface area contributed by atoms with E-state index < -0.39 is 0 Å². The molecule has 0 N–H and O–H groups in total. The summed E-state index contributed by atoms with van der Waals surface area (Å²) in [7, 11) is 0. The summed E-state index contributed by atoms with van der Waals surface area (Å²) in [6, 6.07) is 0. The van der Waals surface area contributed by atoms with Gasteiger partial charge in [0.15, 0.2) is 0 Å². The number of carbonyl (C=O) groups is 1. The van der Waals surface area contributed by atoms with Gasteiger partial charge in [0.1, 0.15) is 6.61 Å². The van der Waals surface area contributed by atoms with Gasteiger partial charge < -0.3 is 4.74 Å². The second kappa shape index (κ2) is 8.80. The number of esters is 1. The average molecular weight is 236 g/mol. The second-order valence-electron chi connectivity index (χ2n) is 4.83. The summed E-state index contributed by atoms with van der Waals surface area (Å²) in [5, 5.41) is 0. The summed E-state index contributed by atoms with van der Waals surface area (Å²) in [5.74, 6) is 0.225. The molecule has 0 saturated carbocycles. The Morgan fingerprint density at radius 3 is 2.41 bits per heavy atom. The number of ether oxygens (including phenoxy) is 1. The van der Waals surface area contributed by atoms with E-state index in [1.54, 1.807) is 0 Å². The molecule has 0 aliphatic rings. The van der Waals surface area contributed by atoms with Gasteiger partial charge in [-0.2, -0.15) is 0 Å². The quantitative estimate of drug-likeness (QED) is 0.514. The molecule has 17 heavy (non-hydrogen) atoms. The SMILES string of the molecule is CC(C)=C/C=C/C(C)=C\COC(=O)CC(C)C. The van der Waals surface area contributed by atoms with Gasteiger partial charge in [0.05, 0.1) is 0 Å². The maximum absolute atomic E-state index is 11.3. The van der Waals surface area contributed by atoms with Crippen LogP contribution < -0.4 is 0 Å². The zero-order chi connectivity index (χ0) is 13.3. The summed E-state index contributed by atoms with van der Waals surface area (Å²) >= 11 is 0. The normalized spacial score (nSPS) is 12.0. The highest BCUT2D eigenvalue weighted by Crippen LogP contribution is 2.02. The fraction of sp³-hybridized carbons (Fsp3) is 0.533. The first-order valence-electron chi connectivity index (χ1n) is 6.05. The van der Waals surface area contributed by atoms with Crippen molar-refractivity contribution in [2.24, 2.45) is 5.92 Å². The summed E-state index contributed by atoms with van der Waals surface area (Å²) in [6.45, 7) is 10.5. The van der Waals surface area contributed by atoms with Gasteiger partial charge in [-0.3, -0.25) is 4.79 Å². The van der Waals surface area contributed by atoms with E-state index in [4.69, 9.17) is 4.74 Å². The Morgan fingerprint density at radius 1 is 1.24 bits per heavy atom. The lowest BCUT2D eigenvalue weighted by Gasteiger charge is -2.04. The maximum Gasteiger partial charge on any atom is 0.306 e. The maximum atomic E-state index is 11.3. The minimum absolute atomic E-state index is 0.127. The van der Waals surface area contributed by atoms with E-state index in [1.165, 1.54) is 5.57 Å². The van der Waals surface area contributed by atoms with Crippen molar-refractivity contribution in [3.8, 4) is 0 Å². The van der Waals surface area contributed by atoms with E-state index in [-0.39, 0.29) is 5.97 Å². The molecule has 0 aromatic carbocycles. The Labute approximate surface area is 105 Å². The van der Waals surface area contributed by atoms with Crippen LogP contribution in [0.4, 0.5) is 0 Å². The predicted molar refractivity (Wildman–Crippen MR) is 72.7 cm³/mol. The zero-order valence-corrected chi connectivity index (χ0v) is 11.6. The molecule has 0 radical (unpaired) electrons. The van der Waals surface area contributed by atoms with E-state index >= 15 is 0 Å². The Hall–Kier alpha value is -1.31. The van der Waals surface area contributed by atoms with Crippen LogP contribution in [0.2, 0.25) is 0 Å². The van der Waals surface area contributed by atoms with Crippen molar-refractivity contribution in [2.45, 2.75) is 41.0 Å². The molecule has 2 heteroatoms. The Morgan fingerprint density at radius 2 is 1.88 bits per heavy atom. The molecule has 0 unspecified atom stereocenters. The van der Waals surface area contributed by atoms with Crippen molar-refractivity contribution >= 4 is 5.97 Å². The lowest BCUT2D eigenvalue weighted by molar-refractivity contribution is -0.143. The number of hydrogen-bond donors (Lipinski definition) is 0. The van der Waals surface area contributed by atoms with Crippen LogP contribution >= 0.6 is 0 Å². The molecule has 0 atom stereocenters. The predicted octanol–water partition coefficient (Wildman–Crippen LogP) is 4.04. The molecule has 0 aromatic rings. The molecular formula is C15H24O2. The van der Waals surface area contributed by atoms with Crippen LogP contribution in [0.1, 0.15) is 41.0 Å². The van der Waals surface area contributed by atoms with Gasteiger partial charge in [0.25, 0.3) is 0 Å². The Bertz CT molecular complexity index is 316. The van der Waals surface area contributed by atoms with Crippen LogP contribution in [0.3, 0.4) is 0 Å². The van der Waals surface area contributed by atoms with Crippen molar-refractivity contribution in [2.75, 3.05) is 6.61 Å². The molecule has 96 valence electrons. The number of rotatable bonds is 6. The van der Waals surface area contributed by atoms with Crippen molar-refractivity contribution in [3.05, 3.63) is 35.5 Å². The van der Waals surface area contributed by atoms with Crippen LogP contribution in [-0.4, -0.2) is 12.6 Å². The fourth-order valence-electron chi connectivity index (χ4n) is 1.12. The minimum atomic E-state index is -0.127. The van der Waals surface area contributed by atoms with Gasteiger partial charge >= 0.3 is 5.97 Å². The van der Waals surface area contributed by atoms with Crippen molar-refractivity contribution in [1.82, 2.24) is 0 Å². The minimum Gasteiger partial charge on any atom is -0.461 e. The fourth-order valence-corrected chi connectivity index (χ4v) is 1.12. The molecule has 0 aromatic heterocycles. The summed E-state index contributed by atoms with van der Waals surface area (Å²) in [6.07, 6.45) is 8.44. The van der Waals surface area contributed by atoms with Gasteiger partial charge in [-0.1, -0.05) is 43.2 Å². The van der Waals surface area contributed by atoms with Crippen LogP contribution in [0.25, 0.3) is 0 Å². The summed E-state index contributed by atoms with van der Waals surface area (Å²) < 4.78 is 5.09. The van der Waals surface area contributed by atoms with Gasteiger partial charge in [0.2, 0.25) is 0 Å². The highest BCUT2D eigenvalue weighted by Gasteiger charge is 2.04. The molecule has 0 aliphatic heterocycles.